The van der Waals surface area contributed by atoms with Crippen molar-refractivity contribution in [1.29, 1.82) is 0 Å². The van der Waals surface area contributed by atoms with Gasteiger partial charge in [0.25, 0.3) is 0 Å². The van der Waals surface area contributed by atoms with E-state index >= 15 is 0 Å². The maximum atomic E-state index is 13.1. The maximum Gasteiger partial charge on any atom is 0.358 e. The Kier molecular flexibility index (Phi) is 3.79. The van der Waals surface area contributed by atoms with Gasteiger partial charge in [0.2, 0.25) is 0 Å². The topological polar surface area (TPSA) is 79.3 Å². The minimum Gasteiger partial charge on any atom is -0.476 e. The Morgan fingerprint density at radius 1 is 1.30 bits per heavy atom. The lowest BCUT2D eigenvalue weighted by Crippen LogP contribution is -1.96. The number of carboxylic acids is 1. The molecule has 0 radical (unpaired) electrons. The highest BCUT2D eigenvalue weighted by atomic mass is 35.5. The summed E-state index contributed by atoms with van der Waals surface area (Å²) in [6, 6.07) is 7.38. The number of halogens is 2. The molecule has 0 saturated carbocycles. The molecular weight excluding hydrogens is 323 g/mol. The van der Waals surface area contributed by atoms with Gasteiger partial charge in [-0.1, -0.05) is 11.6 Å². The SMILES string of the molecule is Cc1ccn2c(N=Nc3ccc(F)c(Cl)c3)c(C(=O)O)nc2c1. The number of pyridine rings is 1. The third-order valence-electron chi connectivity index (χ3n) is 3.12. The van der Waals surface area contributed by atoms with Crippen LogP contribution >= 0.6 is 11.6 Å². The van der Waals surface area contributed by atoms with Gasteiger partial charge in [0.1, 0.15) is 11.5 Å². The molecule has 3 rings (SSSR count). The fourth-order valence-electron chi connectivity index (χ4n) is 2.02. The van der Waals surface area contributed by atoms with Crippen LogP contribution < -0.4 is 0 Å². The van der Waals surface area contributed by atoms with Crippen molar-refractivity contribution in [2.75, 3.05) is 0 Å². The first-order valence-electron chi connectivity index (χ1n) is 6.54. The van der Waals surface area contributed by atoms with Gasteiger partial charge in [-0.15, -0.1) is 10.2 Å². The van der Waals surface area contributed by atoms with Gasteiger partial charge in [-0.05, 0) is 42.8 Å². The molecule has 3 aromatic rings. The molecule has 1 N–H and O–H groups in total. The van der Waals surface area contributed by atoms with Crippen molar-refractivity contribution in [3.63, 3.8) is 0 Å². The van der Waals surface area contributed by atoms with Crippen LogP contribution in [-0.2, 0) is 0 Å². The van der Waals surface area contributed by atoms with Crippen molar-refractivity contribution in [2.45, 2.75) is 6.92 Å². The summed E-state index contributed by atoms with van der Waals surface area (Å²) < 4.78 is 14.7. The highest BCUT2D eigenvalue weighted by molar-refractivity contribution is 6.31. The van der Waals surface area contributed by atoms with Gasteiger partial charge < -0.3 is 5.11 Å². The summed E-state index contributed by atoms with van der Waals surface area (Å²) in [6.45, 7) is 1.87. The van der Waals surface area contributed by atoms with E-state index in [0.29, 0.717) is 11.3 Å². The fourth-order valence-corrected chi connectivity index (χ4v) is 2.20. The first kappa shape index (κ1) is 15.1. The number of hydrogen-bond acceptors (Lipinski definition) is 4. The van der Waals surface area contributed by atoms with E-state index in [1.165, 1.54) is 16.5 Å². The molecule has 0 atom stereocenters. The Bertz CT molecular complexity index is 952. The Hall–Kier alpha value is -2.80. The number of imidazole rings is 1. The molecule has 2 heterocycles. The second-order valence-corrected chi connectivity index (χ2v) is 5.23. The van der Waals surface area contributed by atoms with Gasteiger partial charge in [0, 0.05) is 6.20 Å². The lowest BCUT2D eigenvalue weighted by atomic mass is 10.3. The quantitative estimate of drug-likeness (QED) is 0.714. The average Bonchev–Trinajstić information content (AvgIpc) is 2.86. The van der Waals surface area contributed by atoms with Gasteiger partial charge in [-0.25, -0.2) is 14.2 Å². The van der Waals surface area contributed by atoms with Gasteiger partial charge >= 0.3 is 5.97 Å². The molecule has 23 heavy (non-hydrogen) atoms. The second kappa shape index (κ2) is 5.77. The summed E-state index contributed by atoms with van der Waals surface area (Å²) in [5.41, 5.74) is 1.48. The summed E-state index contributed by atoms with van der Waals surface area (Å²) >= 11 is 5.68. The van der Waals surface area contributed by atoms with Crippen LogP contribution in [0.4, 0.5) is 15.9 Å². The van der Waals surface area contributed by atoms with Gasteiger partial charge in [0.05, 0.1) is 10.7 Å². The van der Waals surface area contributed by atoms with E-state index in [4.69, 9.17) is 11.6 Å². The van der Waals surface area contributed by atoms with E-state index in [-0.39, 0.29) is 16.5 Å². The van der Waals surface area contributed by atoms with Crippen LogP contribution in [0.5, 0.6) is 0 Å². The molecule has 116 valence electrons. The van der Waals surface area contributed by atoms with E-state index in [2.05, 4.69) is 15.2 Å². The number of carboxylic acid groups (broad SMARTS) is 1. The van der Waals surface area contributed by atoms with E-state index < -0.39 is 11.8 Å². The Labute approximate surface area is 134 Å². The minimum atomic E-state index is -1.21. The predicted octanol–water partition coefficient (Wildman–Crippen LogP) is 4.55. The monoisotopic (exact) mass is 332 g/mol. The first-order chi connectivity index (χ1) is 11.0. The third kappa shape index (κ3) is 2.91. The molecule has 0 aliphatic heterocycles. The van der Waals surface area contributed by atoms with Crippen molar-refractivity contribution in [2.24, 2.45) is 10.2 Å². The van der Waals surface area contributed by atoms with E-state index in [1.807, 2.05) is 6.92 Å². The number of fused-ring (bicyclic) bond motifs is 1. The van der Waals surface area contributed by atoms with Crippen LogP contribution in [0, 0.1) is 12.7 Å². The summed E-state index contributed by atoms with van der Waals surface area (Å²) in [7, 11) is 0. The predicted molar refractivity (Wildman–Crippen MR) is 82.5 cm³/mol. The van der Waals surface area contributed by atoms with Crippen molar-refractivity contribution < 1.29 is 14.3 Å². The number of aromatic carboxylic acids is 1. The van der Waals surface area contributed by atoms with E-state index in [0.717, 1.165) is 11.6 Å². The van der Waals surface area contributed by atoms with Crippen LogP contribution in [0.15, 0.2) is 46.8 Å². The summed E-state index contributed by atoms with van der Waals surface area (Å²) in [5, 5.41) is 17.0. The number of aromatic nitrogens is 2. The minimum absolute atomic E-state index is 0.0768. The standard InChI is InChI=1S/C15H10ClFN4O2/c1-8-4-5-21-12(6-8)18-13(15(22)23)14(21)20-19-9-2-3-11(17)10(16)7-9/h2-7H,1H3,(H,22,23). The van der Waals surface area contributed by atoms with E-state index in [1.54, 1.807) is 18.3 Å². The van der Waals surface area contributed by atoms with Crippen LogP contribution in [-0.4, -0.2) is 20.5 Å². The number of benzene rings is 1. The number of hydrogen-bond donors (Lipinski definition) is 1. The number of nitrogens with zero attached hydrogens (tertiary/aromatic N) is 4. The number of azo groups is 1. The Morgan fingerprint density at radius 2 is 2.09 bits per heavy atom. The average molecular weight is 333 g/mol. The number of aryl methyl sites for hydroxylation is 1. The smallest absolute Gasteiger partial charge is 0.358 e. The van der Waals surface area contributed by atoms with Crippen LogP contribution in [0.2, 0.25) is 5.02 Å². The van der Waals surface area contributed by atoms with Crippen LogP contribution in [0.25, 0.3) is 5.65 Å². The molecule has 0 aliphatic carbocycles. The molecule has 0 fully saturated rings. The normalized spacial score (nSPS) is 11.4. The molecule has 0 bridgehead atoms. The number of carbonyl (C=O) groups is 1. The molecule has 0 aliphatic rings. The van der Waals surface area contributed by atoms with Crippen molar-refractivity contribution in [3.05, 3.63) is 58.6 Å². The summed E-state index contributed by atoms with van der Waals surface area (Å²) in [6.07, 6.45) is 1.66. The van der Waals surface area contributed by atoms with Gasteiger partial charge in [0.15, 0.2) is 11.5 Å². The number of rotatable bonds is 3. The molecule has 2 aromatic heterocycles. The largest absolute Gasteiger partial charge is 0.476 e. The van der Waals surface area contributed by atoms with Crippen LogP contribution in [0.3, 0.4) is 0 Å². The molecular formula is C15H10ClFN4O2. The van der Waals surface area contributed by atoms with Gasteiger partial charge in [-0.2, -0.15) is 0 Å². The van der Waals surface area contributed by atoms with Crippen molar-refractivity contribution in [1.82, 2.24) is 9.38 Å². The van der Waals surface area contributed by atoms with Gasteiger partial charge in [-0.3, -0.25) is 4.40 Å². The highest BCUT2D eigenvalue weighted by Crippen LogP contribution is 2.26. The fraction of sp³-hybridized carbons (Fsp3) is 0.0667. The zero-order chi connectivity index (χ0) is 16.6. The van der Waals surface area contributed by atoms with Crippen molar-refractivity contribution >= 4 is 34.7 Å². The van der Waals surface area contributed by atoms with Crippen LogP contribution in [0.1, 0.15) is 16.1 Å². The third-order valence-corrected chi connectivity index (χ3v) is 3.41. The molecule has 0 saturated heterocycles. The maximum absolute atomic E-state index is 13.1. The Morgan fingerprint density at radius 3 is 2.78 bits per heavy atom. The second-order valence-electron chi connectivity index (χ2n) is 4.82. The molecule has 8 heteroatoms. The summed E-state index contributed by atoms with van der Waals surface area (Å²) in [5.74, 6) is -1.70. The molecule has 6 nitrogen and oxygen atoms in total. The lowest BCUT2D eigenvalue weighted by molar-refractivity contribution is 0.0692. The molecule has 1 aromatic carbocycles. The zero-order valence-electron chi connectivity index (χ0n) is 11.9. The van der Waals surface area contributed by atoms with Crippen molar-refractivity contribution in [3.8, 4) is 0 Å². The zero-order valence-corrected chi connectivity index (χ0v) is 12.6. The van der Waals surface area contributed by atoms with E-state index in [9.17, 15) is 14.3 Å². The summed E-state index contributed by atoms with van der Waals surface area (Å²) in [4.78, 5) is 15.4. The Balaban J connectivity index is 2.10. The highest BCUT2D eigenvalue weighted by Gasteiger charge is 2.18. The first-order valence-corrected chi connectivity index (χ1v) is 6.92. The lowest BCUT2D eigenvalue weighted by Gasteiger charge is -1.98. The molecule has 0 spiro atoms. The molecule has 0 unspecified atom stereocenters. The molecule has 0 amide bonds.